The molecule has 1 saturated carbocycles. The van der Waals surface area contributed by atoms with Crippen molar-refractivity contribution in [1.82, 2.24) is 20.2 Å². The van der Waals surface area contributed by atoms with Gasteiger partial charge in [0.15, 0.2) is 0 Å². The van der Waals surface area contributed by atoms with Crippen LogP contribution in [0.3, 0.4) is 0 Å². The largest absolute Gasteiger partial charge is 0.355 e. The van der Waals surface area contributed by atoms with Crippen LogP contribution in [0, 0.1) is 31.6 Å². The van der Waals surface area contributed by atoms with Crippen LogP contribution in [0.15, 0.2) is 11.2 Å². The number of pyridine rings is 1. The van der Waals surface area contributed by atoms with E-state index in [4.69, 9.17) is 5.41 Å². The molecule has 7 nitrogen and oxygen atoms in total. The smallest absolute Gasteiger partial charge is 0.228 e. The monoisotopic (exact) mass is 532 g/mol. The van der Waals surface area contributed by atoms with Gasteiger partial charge in [0.25, 0.3) is 0 Å². The Bertz CT molecular complexity index is 1480. The van der Waals surface area contributed by atoms with E-state index in [9.17, 15) is 4.79 Å². The quantitative estimate of drug-likeness (QED) is 0.253. The van der Waals surface area contributed by atoms with E-state index in [-0.39, 0.29) is 11.3 Å². The van der Waals surface area contributed by atoms with Gasteiger partial charge in [0.05, 0.1) is 11.1 Å². The number of aryl methyl sites for hydroxylation is 1. The molecule has 0 atom stereocenters. The molecule has 2 aliphatic heterocycles. The number of thiophene rings is 1. The molecule has 6 rings (SSSR count). The van der Waals surface area contributed by atoms with Gasteiger partial charge < -0.3 is 15.3 Å². The number of amides is 1. The Morgan fingerprint density at radius 1 is 1.13 bits per heavy atom. The van der Waals surface area contributed by atoms with Crippen LogP contribution in [0.5, 0.6) is 0 Å². The summed E-state index contributed by atoms with van der Waals surface area (Å²) in [7, 11) is 0. The van der Waals surface area contributed by atoms with Gasteiger partial charge in [0.1, 0.15) is 16.7 Å². The van der Waals surface area contributed by atoms with Crippen molar-refractivity contribution in [3.05, 3.63) is 38.8 Å². The van der Waals surface area contributed by atoms with Crippen molar-refractivity contribution in [3.63, 3.8) is 0 Å². The molecular formula is C30H40N6OS. The Labute approximate surface area is 228 Å². The molecule has 3 fully saturated rings. The summed E-state index contributed by atoms with van der Waals surface area (Å²) in [6.07, 6.45) is 9.08. The number of nitrogens with one attached hydrogen (secondary N) is 4. The van der Waals surface area contributed by atoms with Gasteiger partial charge >= 0.3 is 0 Å². The molecule has 1 aliphatic carbocycles. The summed E-state index contributed by atoms with van der Waals surface area (Å²) in [4.78, 5) is 29.0. The highest BCUT2D eigenvalue weighted by molar-refractivity contribution is 7.19. The van der Waals surface area contributed by atoms with Crippen molar-refractivity contribution in [3.8, 4) is 11.3 Å². The van der Waals surface area contributed by atoms with E-state index in [1.165, 1.54) is 63.8 Å². The highest BCUT2D eigenvalue weighted by atomic mass is 32.1. The van der Waals surface area contributed by atoms with Crippen molar-refractivity contribution >= 4 is 33.8 Å². The molecule has 1 spiro atoms. The van der Waals surface area contributed by atoms with Crippen LogP contribution in [0.4, 0.5) is 0 Å². The average molecular weight is 533 g/mol. The summed E-state index contributed by atoms with van der Waals surface area (Å²) >= 11 is 1.96. The lowest BCUT2D eigenvalue weighted by atomic mass is 9.74. The molecule has 0 unspecified atom stereocenters. The van der Waals surface area contributed by atoms with Crippen LogP contribution in [-0.4, -0.2) is 52.8 Å². The fourth-order valence-corrected chi connectivity index (χ4v) is 8.73. The van der Waals surface area contributed by atoms with E-state index in [0.29, 0.717) is 17.9 Å². The first-order valence-electron chi connectivity index (χ1n) is 14.1. The first-order valence-corrected chi connectivity index (χ1v) is 14.9. The third-order valence-electron chi connectivity index (χ3n) is 9.64. The summed E-state index contributed by atoms with van der Waals surface area (Å²) in [6.45, 7) is 13.9. The zero-order valence-corrected chi connectivity index (χ0v) is 24.1. The van der Waals surface area contributed by atoms with Crippen LogP contribution >= 0.6 is 11.3 Å². The van der Waals surface area contributed by atoms with E-state index in [0.717, 1.165) is 43.4 Å². The molecule has 8 heteroatoms. The number of carbonyl (C=O) groups is 1. The third kappa shape index (κ3) is 3.90. The van der Waals surface area contributed by atoms with Gasteiger partial charge in [-0.05, 0) is 87.0 Å². The molecule has 3 aromatic rings. The van der Waals surface area contributed by atoms with E-state index in [1.807, 2.05) is 17.5 Å². The topological polar surface area (TPSA) is 100 Å². The number of likely N-dealkylation sites (tertiary alicyclic amines) is 1. The maximum atomic E-state index is 12.3. The fourth-order valence-electron chi connectivity index (χ4n) is 7.33. The summed E-state index contributed by atoms with van der Waals surface area (Å²) in [5.74, 6) is 1.31. The lowest BCUT2D eigenvalue weighted by Crippen LogP contribution is -2.62. The predicted molar refractivity (Wildman–Crippen MR) is 155 cm³/mol. The standard InChI is InChI=1S/C30H40N6OS/c1-16(2)23-24-19(5)26(20-6-8-21(9-7-20)36-13-30(14-36)10-11-32-29(30)37)38-28(24)35-25(23)22-12-33-27(34-15-31)18(4)17(22)3/h12,15-16,20-21,35H,6-11,13-14H2,1-5H3,(H,32,37)(H2,31,33,34). The van der Waals surface area contributed by atoms with Gasteiger partial charge in [-0.1, -0.05) is 13.8 Å². The van der Waals surface area contributed by atoms with Crippen LogP contribution in [0.2, 0.25) is 0 Å². The number of hydrogen-bond donors (Lipinski definition) is 4. The van der Waals surface area contributed by atoms with Crippen LogP contribution in [0.25, 0.3) is 21.5 Å². The lowest BCUT2D eigenvalue weighted by molar-refractivity contribution is -0.139. The molecule has 4 N–H and O–H groups in total. The van der Waals surface area contributed by atoms with Crippen LogP contribution < -0.4 is 10.8 Å². The summed E-state index contributed by atoms with van der Waals surface area (Å²) in [5.41, 5.74) is 8.20. The minimum atomic E-state index is -0.0746. The second-order valence-corrected chi connectivity index (χ2v) is 13.2. The number of fused-ring (bicyclic) bond motifs is 1. The van der Waals surface area contributed by atoms with Gasteiger partial charge in [-0.15, -0.1) is 11.3 Å². The number of rotatable bonds is 5. The lowest BCUT2D eigenvalue weighted by Gasteiger charge is -2.51. The van der Waals surface area contributed by atoms with Crippen molar-refractivity contribution < 1.29 is 4.79 Å². The zero-order chi connectivity index (χ0) is 26.8. The Morgan fingerprint density at radius 3 is 2.50 bits per heavy atom. The summed E-state index contributed by atoms with van der Waals surface area (Å²) in [6, 6.07) is 0.637. The van der Waals surface area contributed by atoms with E-state index < -0.39 is 0 Å². The molecule has 2 saturated heterocycles. The molecule has 1 amide bonds. The second-order valence-electron chi connectivity index (χ2n) is 12.1. The molecule has 3 aliphatic rings. The second kappa shape index (κ2) is 9.49. The zero-order valence-electron chi connectivity index (χ0n) is 23.3. The van der Waals surface area contributed by atoms with Crippen molar-refractivity contribution in [2.75, 3.05) is 19.6 Å². The number of H-pyrrole nitrogens is 2. The fraction of sp³-hybridized carbons (Fsp3) is 0.567. The van der Waals surface area contributed by atoms with Gasteiger partial charge in [-0.2, -0.15) is 0 Å². The first-order chi connectivity index (χ1) is 18.2. The van der Waals surface area contributed by atoms with Crippen molar-refractivity contribution in [2.45, 2.75) is 84.6 Å². The first kappa shape index (κ1) is 25.6. The Kier molecular flexibility index (Phi) is 6.38. The van der Waals surface area contributed by atoms with Crippen LogP contribution in [-0.2, 0) is 4.79 Å². The predicted octanol–water partition coefficient (Wildman–Crippen LogP) is 5.63. The van der Waals surface area contributed by atoms with Gasteiger partial charge in [0, 0.05) is 47.7 Å². The molecule has 0 bridgehead atoms. The van der Waals surface area contributed by atoms with Gasteiger partial charge in [-0.25, -0.2) is 4.99 Å². The van der Waals surface area contributed by atoms with Crippen molar-refractivity contribution in [2.24, 2.45) is 10.4 Å². The van der Waals surface area contributed by atoms with E-state index in [1.54, 1.807) is 4.88 Å². The van der Waals surface area contributed by atoms with Gasteiger partial charge in [0.2, 0.25) is 5.91 Å². The third-order valence-corrected chi connectivity index (χ3v) is 11.0. The van der Waals surface area contributed by atoms with Crippen molar-refractivity contribution in [1.29, 1.82) is 5.41 Å². The molecular weight excluding hydrogens is 492 g/mol. The Hall–Kier alpha value is -2.71. The van der Waals surface area contributed by atoms with E-state index >= 15 is 0 Å². The highest BCUT2D eigenvalue weighted by Crippen LogP contribution is 2.48. The van der Waals surface area contributed by atoms with Crippen LogP contribution in [0.1, 0.15) is 84.9 Å². The molecule has 0 aromatic carbocycles. The Morgan fingerprint density at radius 2 is 1.87 bits per heavy atom. The number of hydrogen-bond acceptors (Lipinski definition) is 4. The molecule has 5 heterocycles. The minimum absolute atomic E-state index is 0.0746. The van der Waals surface area contributed by atoms with E-state index in [2.05, 4.69) is 59.8 Å². The number of aromatic nitrogens is 2. The molecule has 202 valence electrons. The molecule has 3 aromatic heterocycles. The molecule has 38 heavy (non-hydrogen) atoms. The van der Waals surface area contributed by atoms with Gasteiger partial charge in [-0.3, -0.25) is 15.1 Å². The molecule has 0 radical (unpaired) electrons. The summed E-state index contributed by atoms with van der Waals surface area (Å²) in [5, 5.41) is 11.8. The highest BCUT2D eigenvalue weighted by Gasteiger charge is 2.53. The normalized spacial score (nSPS) is 23.9. The minimum Gasteiger partial charge on any atom is -0.355 e. The maximum absolute atomic E-state index is 12.3. The number of nitrogens with zero attached hydrogens (tertiary/aromatic N) is 2. The SMILES string of the molecule is Cc1c(-c2[nH]c3sc(C4CCC(N5CC6(CCNC6=O)C5)CC4)c(C)c3c2C(C)C)c[nH]/c(=N\C=N)c1C. The Balaban J connectivity index is 1.25. The maximum Gasteiger partial charge on any atom is 0.228 e. The average Bonchev–Trinajstić information content (AvgIpc) is 3.54. The summed E-state index contributed by atoms with van der Waals surface area (Å²) < 4.78 is 0. The number of aromatic amines is 2. The number of carbonyl (C=O) groups excluding carboxylic acids is 1.